The maximum atomic E-state index is 11.8. The minimum Gasteiger partial charge on any atom is -0.396 e. The van der Waals surface area contributed by atoms with Crippen LogP contribution in [0.4, 0.5) is 10.5 Å². The first kappa shape index (κ1) is 14.1. The molecule has 0 saturated heterocycles. The molecule has 1 aromatic rings. The lowest BCUT2D eigenvalue weighted by atomic mass is 10.1. The average molecular weight is 284 g/mol. The van der Waals surface area contributed by atoms with E-state index < -0.39 is 0 Å². The van der Waals surface area contributed by atoms with Gasteiger partial charge in [0, 0.05) is 17.7 Å². The number of carbonyl (C=O) groups excluding carboxylic acids is 1. The minimum atomic E-state index is -0.324. The van der Waals surface area contributed by atoms with Gasteiger partial charge in [0.1, 0.15) is 0 Å². The summed E-state index contributed by atoms with van der Waals surface area (Å²) in [6.45, 7) is 4.30. The molecule has 1 fully saturated rings. The Morgan fingerprint density at radius 2 is 2.21 bits per heavy atom. The van der Waals surface area contributed by atoms with E-state index in [4.69, 9.17) is 11.6 Å². The van der Waals surface area contributed by atoms with Crippen LogP contribution >= 0.6 is 11.6 Å². The van der Waals surface area contributed by atoms with Crippen LogP contribution in [-0.2, 0) is 0 Å². The van der Waals surface area contributed by atoms with Gasteiger partial charge < -0.3 is 15.7 Å². The number of hydrogen-bond acceptors (Lipinski definition) is 3. The van der Waals surface area contributed by atoms with Gasteiger partial charge in [-0.1, -0.05) is 11.6 Å². The standard InChI is InChI=1S/C13H18ClN3O2/c1-8-5-9(2)16-11(14)10(8)17-12(19)15-6-13(7-18)3-4-13/h5,18H,3-4,6-7H2,1-2H3,(H2,15,17,19). The van der Waals surface area contributed by atoms with Gasteiger partial charge in [0.15, 0.2) is 5.15 Å². The average Bonchev–Trinajstić information content (AvgIpc) is 3.12. The molecule has 0 spiro atoms. The Morgan fingerprint density at radius 1 is 1.53 bits per heavy atom. The minimum absolute atomic E-state index is 0.109. The van der Waals surface area contributed by atoms with Crippen molar-refractivity contribution in [2.24, 2.45) is 5.41 Å². The highest BCUT2D eigenvalue weighted by atomic mass is 35.5. The predicted molar refractivity (Wildman–Crippen MR) is 74.5 cm³/mol. The molecule has 3 N–H and O–H groups in total. The molecule has 2 amide bonds. The van der Waals surface area contributed by atoms with Crippen LogP contribution < -0.4 is 10.6 Å². The van der Waals surface area contributed by atoms with Crippen LogP contribution in [0.15, 0.2) is 6.07 Å². The number of pyridine rings is 1. The highest BCUT2D eigenvalue weighted by Gasteiger charge is 2.42. The zero-order valence-corrected chi connectivity index (χ0v) is 11.8. The van der Waals surface area contributed by atoms with Crippen LogP contribution in [-0.4, -0.2) is 29.3 Å². The molecule has 0 aliphatic heterocycles. The predicted octanol–water partition coefficient (Wildman–Crippen LogP) is 2.25. The molecule has 0 unspecified atom stereocenters. The van der Waals surface area contributed by atoms with E-state index in [1.165, 1.54) is 0 Å². The van der Waals surface area contributed by atoms with E-state index in [-0.39, 0.29) is 23.2 Å². The summed E-state index contributed by atoms with van der Waals surface area (Å²) in [6.07, 6.45) is 1.91. The van der Waals surface area contributed by atoms with E-state index >= 15 is 0 Å². The Labute approximate surface area is 117 Å². The molecular formula is C13H18ClN3O2. The van der Waals surface area contributed by atoms with Crippen molar-refractivity contribution in [3.8, 4) is 0 Å². The van der Waals surface area contributed by atoms with E-state index in [9.17, 15) is 9.90 Å². The van der Waals surface area contributed by atoms with Gasteiger partial charge in [-0.25, -0.2) is 9.78 Å². The Balaban J connectivity index is 1.95. The lowest BCUT2D eigenvalue weighted by Gasteiger charge is -2.15. The number of hydrogen-bond donors (Lipinski definition) is 3. The van der Waals surface area contributed by atoms with Crippen molar-refractivity contribution in [1.29, 1.82) is 0 Å². The molecule has 1 heterocycles. The van der Waals surface area contributed by atoms with E-state index in [0.717, 1.165) is 24.1 Å². The summed E-state index contributed by atoms with van der Waals surface area (Å²) in [6, 6.07) is 1.54. The van der Waals surface area contributed by atoms with Crippen LogP contribution in [0.2, 0.25) is 5.15 Å². The molecule has 1 aliphatic carbocycles. The molecule has 104 valence electrons. The maximum Gasteiger partial charge on any atom is 0.319 e. The zero-order chi connectivity index (χ0) is 14.0. The Bertz CT molecular complexity index is 478. The first-order valence-corrected chi connectivity index (χ1v) is 6.63. The summed E-state index contributed by atoms with van der Waals surface area (Å²) >= 11 is 6.01. The number of amides is 2. The fraction of sp³-hybridized carbons (Fsp3) is 0.538. The molecule has 1 aliphatic rings. The summed E-state index contributed by atoms with van der Waals surface area (Å²) in [7, 11) is 0. The van der Waals surface area contributed by atoms with Crippen LogP contribution in [0.5, 0.6) is 0 Å². The molecule has 0 aromatic carbocycles. The molecule has 1 aromatic heterocycles. The number of urea groups is 1. The monoisotopic (exact) mass is 283 g/mol. The summed E-state index contributed by atoms with van der Waals surface area (Å²) in [4.78, 5) is 15.9. The molecule has 1 saturated carbocycles. The van der Waals surface area contributed by atoms with Crippen LogP contribution in [0.25, 0.3) is 0 Å². The molecular weight excluding hydrogens is 266 g/mol. The highest BCUT2D eigenvalue weighted by Crippen LogP contribution is 2.44. The van der Waals surface area contributed by atoms with E-state index in [1.807, 2.05) is 19.9 Å². The van der Waals surface area contributed by atoms with Gasteiger partial charge in [-0.05, 0) is 38.3 Å². The number of halogens is 1. The van der Waals surface area contributed by atoms with E-state index in [0.29, 0.717) is 12.2 Å². The second-order valence-electron chi connectivity index (χ2n) is 5.21. The number of aliphatic hydroxyl groups is 1. The van der Waals surface area contributed by atoms with Crippen molar-refractivity contribution >= 4 is 23.3 Å². The summed E-state index contributed by atoms with van der Waals surface area (Å²) < 4.78 is 0. The number of nitrogens with zero attached hydrogens (tertiary/aromatic N) is 1. The van der Waals surface area contributed by atoms with Crippen molar-refractivity contribution in [3.05, 3.63) is 22.5 Å². The largest absolute Gasteiger partial charge is 0.396 e. The number of carbonyl (C=O) groups is 1. The zero-order valence-electron chi connectivity index (χ0n) is 11.1. The molecule has 0 radical (unpaired) electrons. The molecule has 5 nitrogen and oxygen atoms in total. The maximum absolute atomic E-state index is 11.8. The number of nitrogens with one attached hydrogen (secondary N) is 2. The highest BCUT2D eigenvalue weighted by molar-refractivity contribution is 6.32. The smallest absolute Gasteiger partial charge is 0.319 e. The van der Waals surface area contributed by atoms with Gasteiger partial charge in [-0.2, -0.15) is 0 Å². The fourth-order valence-electron chi connectivity index (χ4n) is 1.93. The van der Waals surface area contributed by atoms with Crippen LogP contribution in [0, 0.1) is 19.3 Å². The molecule has 19 heavy (non-hydrogen) atoms. The second-order valence-corrected chi connectivity index (χ2v) is 5.57. The number of aromatic nitrogens is 1. The Hall–Kier alpha value is -1.33. The van der Waals surface area contributed by atoms with Crippen molar-refractivity contribution in [1.82, 2.24) is 10.3 Å². The summed E-state index contributed by atoms with van der Waals surface area (Å²) in [5.41, 5.74) is 2.10. The van der Waals surface area contributed by atoms with Crippen LogP contribution in [0.3, 0.4) is 0 Å². The van der Waals surface area contributed by atoms with E-state index in [1.54, 1.807) is 0 Å². The normalized spacial score (nSPS) is 16.0. The third-order valence-corrected chi connectivity index (χ3v) is 3.73. The first-order valence-electron chi connectivity index (χ1n) is 6.25. The number of rotatable bonds is 4. The van der Waals surface area contributed by atoms with Crippen molar-refractivity contribution in [2.75, 3.05) is 18.5 Å². The third-order valence-electron chi connectivity index (χ3n) is 3.46. The van der Waals surface area contributed by atoms with Gasteiger partial charge in [0.25, 0.3) is 0 Å². The topological polar surface area (TPSA) is 74.2 Å². The lowest BCUT2D eigenvalue weighted by molar-refractivity contribution is 0.206. The number of aliphatic hydroxyl groups excluding tert-OH is 1. The Kier molecular flexibility index (Phi) is 3.96. The number of aryl methyl sites for hydroxylation is 2. The SMILES string of the molecule is Cc1cc(C)c(NC(=O)NCC2(CO)CC2)c(Cl)n1. The first-order chi connectivity index (χ1) is 8.96. The van der Waals surface area contributed by atoms with Crippen molar-refractivity contribution < 1.29 is 9.90 Å². The van der Waals surface area contributed by atoms with Gasteiger partial charge in [-0.15, -0.1) is 0 Å². The number of anilines is 1. The van der Waals surface area contributed by atoms with Gasteiger partial charge in [-0.3, -0.25) is 0 Å². The fourth-order valence-corrected chi connectivity index (χ4v) is 2.26. The van der Waals surface area contributed by atoms with E-state index in [2.05, 4.69) is 15.6 Å². The quantitative estimate of drug-likeness (QED) is 0.742. The molecule has 0 bridgehead atoms. The summed E-state index contributed by atoms with van der Waals surface area (Å²) in [5.74, 6) is 0. The molecule has 6 heteroatoms. The third kappa shape index (κ3) is 3.36. The summed E-state index contributed by atoms with van der Waals surface area (Å²) in [5, 5.41) is 14.9. The molecule has 0 atom stereocenters. The van der Waals surface area contributed by atoms with Gasteiger partial charge in [0.2, 0.25) is 0 Å². The van der Waals surface area contributed by atoms with Crippen molar-refractivity contribution in [2.45, 2.75) is 26.7 Å². The Morgan fingerprint density at radius 3 is 2.74 bits per heavy atom. The van der Waals surface area contributed by atoms with Crippen molar-refractivity contribution in [3.63, 3.8) is 0 Å². The van der Waals surface area contributed by atoms with Gasteiger partial charge >= 0.3 is 6.03 Å². The lowest BCUT2D eigenvalue weighted by Crippen LogP contribution is -2.35. The molecule has 2 rings (SSSR count). The van der Waals surface area contributed by atoms with Gasteiger partial charge in [0.05, 0.1) is 12.3 Å². The van der Waals surface area contributed by atoms with Crippen LogP contribution in [0.1, 0.15) is 24.1 Å². The second kappa shape index (κ2) is 5.35.